The van der Waals surface area contributed by atoms with E-state index in [1.54, 1.807) is 0 Å². The molecule has 0 unspecified atom stereocenters. The summed E-state index contributed by atoms with van der Waals surface area (Å²) in [6, 6.07) is 6.23. The highest BCUT2D eigenvalue weighted by atomic mass is 127. The minimum absolute atomic E-state index is 0. The van der Waals surface area contributed by atoms with Gasteiger partial charge in [-0.05, 0) is 37.1 Å². The van der Waals surface area contributed by atoms with Crippen LogP contribution in [-0.2, 0) is 20.0 Å². The maximum absolute atomic E-state index is 11.7. The van der Waals surface area contributed by atoms with E-state index < -0.39 is 20.0 Å². The maximum Gasteiger partial charge on any atom is 0.245 e. The van der Waals surface area contributed by atoms with Crippen LogP contribution in [-0.4, -0.2) is 66.4 Å². The first kappa shape index (κ1) is 23.8. The summed E-state index contributed by atoms with van der Waals surface area (Å²) in [4.78, 5) is 6.18. The lowest BCUT2D eigenvalue weighted by Crippen LogP contribution is -2.36. The first-order chi connectivity index (χ1) is 12.0. The topological polar surface area (TPSA) is 122 Å². The van der Waals surface area contributed by atoms with Crippen LogP contribution >= 0.6 is 24.0 Å². The molecule has 2 rings (SSSR count). The second kappa shape index (κ2) is 9.28. The van der Waals surface area contributed by atoms with Crippen molar-refractivity contribution in [3.8, 4) is 5.75 Å². The largest absolute Gasteiger partial charge is 0.492 e. The average molecular weight is 532 g/mol. The van der Waals surface area contributed by atoms with Crippen molar-refractivity contribution in [2.45, 2.75) is 18.9 Å². The third-order valence-electron chi connectivity index (χ3n) is 3.74. The number of anilines is 1. The molecule has 154 valence electrons. The number of hydrogen-bond donors (Lipinski definition) is 1. The van der Waals surface area contributed by atoms with Crippen LogP contribution in [0.3, 0.4) is 0 Å². The van der Waals surface area contributed by atoms with Crippen LogP contribution in [0, 0.1) is 0 Å². The molecule has 1 aromatic carbocycles. The Kier molecular flexibility index (Phi) is 8.16. The second-order valence-electron chi connectivity index (χ2n) is 6.15. The molecule has 0 radical (unpaired) electrons. The SMILES string of the molecule is CN(C(N)=NCCOc1ccc(N(S(C)(=O)=O)S(C)(=O)=O)cc1)C1CC1.I. The highest BCUT2D eigenvalue weighted by Crippen LogP contribution is 2.25. The Hall–Kier alpha value is -1.28. The van der Waals surface area contributed by atoms with Gasteiger partial charge in [0.15, 0.2) is 5.96 Å². The van der Waals surface area contributed by atoms with Gasteiger partial charge in [-0.25, -0.2) is 21.8 Å². The van der Waals surface area contributed by atoms with E-state index in [1.807, 2.05) is 11.9 Å². The predicted molar refractivity (Wildman–Crippen MR) is 117 cm³/mol. The Balaban J connectivity index is 0.00000364. The zero-order chi connectivity index (χ0) is 19.5. The summed E-state index contributed by atoms with van der Waals surface area (Å²) < 4.78 is 52.8. The van der Waals surface area contributed by atoms with Gasteiger partial charge in [0.05, 0.1) is 24.7 Å². The van der Waals surface area contributed by atoms with Gasteiger partial charge in [-0.1, -0.05) is 0 Å². The van der Waals surface area contributed by atoms with E-state index in [9.17, 15) is 16.8 Å². The van der Waals surface area contributed by atoms with Crippen molar-refractivity contribution < 1.29 is 21.6 Å². The van der Waals surface area contributed by atoms with Gasteiger partial charge >= 0.3 is 0 Å². The number of rotatable bonds is 8. The minimum atomic E-state index is -3.96. The third-order valence-corrected chi connectivity index (χ3v) is 6.99. The van der Waals surface area contributed by atoms with Crippen molar-refractivity contribution >= 4 is 55.7 Å². The van der Waals surface area contributed by atoms with Gasteiger partial charge in [-0.2, -0.15) is 3.71 Å². The molecule has 1 saturated carbocycles. The molecular formula is C15H25IN4O5S2. The summed E-state index contributed by atoms with van der Waals surface area (Å²) in [6.07, 6.45) is 3.93. The number of nitrogens with zero attached hydrogens (tertiary/aromatic N) is 3. The van der Waals surface area contributed by atoms with E-state index in [1.165, 1.54) is 24.3 Å². The normalized spacial score (nSPS) is 15.0. The van der Waals surface area contributed by atoms with E-state index in [-0.39, 0.29) is 29.7 Å². The second-order valence-corrected chi connectivity index (χ2v) is 10.0. The highest BCUT2D eigenvalue weighted by Gasteiger charge is 2.28. The summed E-state index contributed by atoms with van der Waals surface area (Å²) in [5.41, 5.74) is 5.90. The van der Waals surface area contributed by atoms with Crippen LogP contribution in [0.5, 0.6) is 5.75 Å². The number of sulfonamides is 2. The van der Waals surface area contributed by atoms with Gasteiger partial charge in [-0.15, -0.1) is 24.0 Å². The highest BCUT2D eigenvalue weighted by molar-refractivity contribution is 14.0. The number of hydrogen-bond acceptors (Lipinski definition) is 6. The predicted octanol–water partition coefficient (Wildman–Crippen LogP) is 0.818. The van der Waals surface area contributed by atoms with Crippen molar-refractivity contribution in [1.29, 1.82) is 0 Å². The van der Waals surface area contributed by atoms with Gasteiger partial charge in [0.1, 0.15) is 12.4 Å². The van der Waals surface area contributed by atoms with E-state index >= 15 is 0 Å². The van der Waals surface area contributed by atoms with Crippen LogP contribution in [0.25, 0.3) is 0 Å². The molecule has 1 aromatic rings. The molecule has 0 atom stereocenters. The lowest BCUT2D eigenvalue weighted by Gasteiger charge is -2.20. The van der Waals surface area contributed by atoms with Gasteiger partial charge in [0.25, 0.3) is 0 Å². The molecule has 0 saturated heterocycles. The van der Waals surface area contributed by atoms with Crippen LogP contribution in [0.1, 0.15) is 12.8 Å². The van der Waals surface area contributed by atoms with Crippen LogP contribution in [0.15, 0.2) is 29.3 Å². The maximum atomic E-state index is 11.7. The molecule has 1 fully saturated rings. The first-order valence-corrected chi connectivity index (χ1v) is 11.7. The molecule has 27 heavy (non-hydrogen) atoms. The Labute approximate surface area is 177 Å². The molecule has 2 N–H and O–H groups in total. The lowest BCUT2D eigenvalue weighted by atomic mass is 10.3. The molecular weight excluding hydrogens is 507 g/mol. The molecule has 0 bridgehead atoms. The number of guanidine groups is 1. The standard InChI is InChI=1S/C15H24N4O5S2.HI/c1-18(12-4-5-12)15(16)17-10-11-24-14-8-6-13(7-9-14)19(25(2,20)21)26(3,22)23;/h6-9,12H,4-5,10-11H2,1-3H3,(H2,16,17);1H. The van der Waals surface area contributed by atoms with Crippen LogP contribution in [0.2, 0.25) is 0 Å². The molecule has 0 spiro atoms. The summed E-state index contributed by atoms with van der Waals surface area (Å²) in [7, 11) is -6.01. The molecule has 0 heterocycles. The van der Waals surface area contributed by atoms with E-state index in [0.29, 0.717) is 34.6 Å². The van der Waals surface area contributed by atoms with Crippen molar-refractivity contribution in [2.24, 2.45) is 10.7 Å². The summed E-state index contributed by atoms with van der Waals surface area (Å²) in [5, 5.41) is 0. The van der Waals surface area contributed by atoms with Crippen molar-refractivity contribution in [3.05, 3.63) is 24.3 Å². The van der Waals surface area contributed by atoms with Crippen LogP contribution in [0.4, 0.5) is 5.69 Å². The van der Waals surface area contributed by atoms with E-state index in [2.05, 4.69) is 4.99 Å². The summed E-state index contributed by atoms with van der Waals surface area (Å²) in [6.45, 7) is 0.671. The quantitative estimate of drug-likeness (QED) is 0.228. The van der Waals surface area contributed by atoms with E-state index in [0.717, 1.165) is 25.4 Å². The lowest BCUT2D eigenvalue weighted by molar-refractivity contribution is 0.327. The van der Waals surface area contributed by atoms with E-state index in [4.69, 9.17) is 10.5 Å². The van der Waals surface area contributed by atoms with Crippen molar-refractivity contribution in [2.75, 3.05) is 36.4 Å². The van der Waals surface area contributed by atoms with Crippen molar-refractivity contribution in [3.63, 3.8) is 0 Å². The zero-order valence-corrected chi connectivity index (χ0v) is 19.4. The molecule has 0 aromatic heterocycles. The first-order valence-electron chi connectivity index (χ1n) is 7.96. The molecule has 0 amide bonds. The summed E-state index contributed by atoms with van der Waals surface area (Å²) >= 11 is 0. The number of benzene rings is 1. The molecule has 0 aliphatic heterocycles. The Morgan fingerprint density at radius 1 is 1.15 bits per heavy atom. The van der Waals surface area contributed by atoms with Gasteiger partial charge in [0.2, 0.25) is 20.0 Å². The Morgan fingerprint density at radius 2 is 1.67 bits per heavy atom. The minimum Gasteiger partial charge on any atom is -0.492 e. The Morgan fingerprint density at radius 3 is 2.11 bits per heavy atom. The van der Waals surface area contributed by atoms with Gasteiger partial charge in [-0.3, -0.25) is 0 Å². The van der Waals surface area contributed by atoms with Crippen LogP contribution < -0.4 is 14.2 Å². The third kappa shape index (κ3) is 6.99. The zero-order valence-electron chi connectivity index (χ0n) is 15.4. The van der Waals surface area contributed by atoms with Gasteiger partial charge in [0, 0.05) is 13.1 Å². The number of nitrogens with two attached hydrogens (primary N) is 1. The fourth-order valence-electron chi connectivity index (χ4n) is 2.38. The monoisotopic (exact) mass is 532 g/mol. The fourth-order valence-corrected chi connectivity index (χ4v) is 5.35. The smallest absolute Gasteiger partial charge is 0.245 e. The molecule has 1 aliphatic rings. The average Bonchev–Trinajstić information content (AvgIpc) is 3.34. The number of halogens is 1. The molecule has 12 heteroatoms. The molecule has 9 nitrogen and oxygen atoms in total. The fraction of sp³-hybridized carbons (Fsp3) is 0.533. The number of ether oxygens (including phenoxy) is 1. The number of aliphatic imine (C=N–C) groups is 1. The Bertz CT molecular complexity index is 836. The van der Waals surface area contributed by atoms with Crippen molar-refractivity contribution in [1.82, 2.24) is 4.90 Å². The summed E-state index contributed by atoms with van der Waals surface area (Å²) in [5.74, 6) is 0.948. The van der Waals surface area contributed by atoms with Gasteiger partial charge < -0.3 is 15.4 Å². The molecule has 1 aliphatic carbocycles.